The molecule has 0 fully saturated rings. The minimum Gasteiger partial charge on any atom is -0.305 e. The first kappa shape index (κ1) is 18.8. The molecule has 0 aliphatic rings. The lowest BCUT2D eigenvalue weighted by atomic mass is 10.1. The van der Waals surface area contributed by atoms with E-state index in [9.17, 15) is 9.18 Å². The van der Waals surface area contributed by atoms with Crippen LogP contribution in [0, 0.1) is 12.7 Å². The molecule has 0 saturated carbocycles. The number of carbonyl (C=O) groups is 1. The molecule has 2 aromatic heterocycles. The van der Waals surface area contributed by atoms with Crippen molar-refractivity contribution in [3.05, 3.63) is 69.9 Å². The predicted octanol–water partition coefficient (Wildman–Crippen LogP) is 6.61. The van der Waals surface area contributed by atoms with Gasteiger partial charge in [-0.2, -0.15) is 0 Å². The fourth-order valence-corrected chi connectivity index (χ4v) is 4.73. The first-order valence-corrected chi connectivity index (χ1v) is 10.2. The fraction of sp³-hybridized carbons (Fsp3) is 0.182. The van der Waals surface area contributed by atoms with Gasteiger partial charge in [0.1, 0.15) is 11.0 Å². The standard InChI is InChI=1S/C22H18ClFN2OS/c1-3-10-26(18-7-5-4-6-16(18)24)22(27)19-12-15-20(28-19)14-11-13(2)8-9-17(14)25-21(15)23/h4-9,11-12H,3,10H2,1-2H3. The van der Waals surface area contributed by atoms with Gasteiger partial charge >= 0.3 is 0 Å². The van der Waals surface area contributed by atoms with E-state index >= 15 is 0 Å². The van der Waals surface area contributed by atoms with Crippen LogP contribution < -0.4 is 4.90 Å². The van der Waals surface area contributed by atoms with Gasteiger partial charge in [-0.3, -0.25) is 4.79 Å². The molecule has 0 radical (unpaired) electrons. The van der Waals surface area contributed by atoms with E-state index in [-0.39, 0.29) is 11.6 Å². The molecule has 0 bridgehead atoms. The van der Waals surface area contributed by atoms with Crippen LogP contribution in [0.25, 0.3) is 21.0 Å². The Labute approximate surface area is 171 Å². The lowest BCUT2D eigenvalue weighted by Crippen LogP contribution is -2.31. The molecule has 0 spiro atoms. The minimum atomic E-state index is -0.411. The number of fused-ring (bicyclic) bond motifs is 3. The first-order valence-electron chi connectivity index (χ1n) is 9.05. The summed E-state index contributed by atoms with van der Waals surface area (Å²) >= 11 is 7.76. The van der Waals surface area contributed by atoms with Crippen LogP contribution in [0.3, 0.4) is 0 Å². The van der Waals surface area contributed by atoms with Gasteiger partial charge in [0.15, 0.2) is 0 Å². The van der Waals surface area contributed by atoms with Crippen molar-refractivity contribution >= 4 is 55.5 Å². The molecule has 6 heteroatoms. The summed E-state index contributed by atoms with van der Waals surface area (Å²) in [5.74, 6) is -0.642. The molecule has 0 atom stereocenters. The van der Waals surface area contributed by atoms with Crippen LogP contribution in [-0.4, -0.2) is 17.4 Å². The molecule has 0 aliphatic heterocycles. The van der Waals surface area contributed by atoms with E-state index in [1.165, 1.54) is 22.3 Å². The Bertz CT molecular complexity index is 1200. The summed E-state index contributed by atoms with van der Waals surface area (Å²) < 4.78 is 15.3. The van der Waals surface area contributed by atoms with Crippen molar-refractivity contribution in [1.29, 1.82) is 0 Å². The van der Waals surface area contributed by atoms with Gasteiger partial charge in [-0.25, -0.2) is 9.37 Å². The zero-order chi connectivity index (χ0) is 19.8. The molecule has 28 heavy (non-hydrogen) atoms. The van der Waals surface area contributed by atoms with Gasteiger partial charge in [0.05, 0.1) is 16.1 Å². The van der Waals surface area contributed by atoms with Crippen molar-refractivity contribution in [2.75, 3.05) is 11.4 Å². The highest BCUT2D eigenvalue weighted by atomic mass is 35.5. The highest BCUT2D eigenvalue weighted by molar-refractivity contribution is 7.22. The number of hydrogen-bond donors (Lipinski definition) is 0. The average molecular weight is 413 g/mol. The number of benzene rings is 2. The van der Waals surface area contributed by atoms with Crippen LogP contribution in [0.1, 0.15) is 28.6 Å². The number of anilines is 1. The average Bonchev–Trinajstić information content (AvgIpc) is 3.13. The van der Waals surface area contributed by atoms with E-state index in [1.54, 1.807) is 24.3 Å². The van der Waals surface area contributed by atoms with Crippen LogP contribution in [0.15, 0.2) is 48.5 Å². The monoisotopic (exact) mass is 412 g/mol. The number of amides is 1. The highest BCUT2D eigenvalue weighted by Crippen LogP contribution is 2.37. The third-order valence-electron chi connectivity index (χ3n) is 4.62. The molecule has 0 aliphatic carbocycles. The maximum atomic E-state index is 14.3. The molecule has 2 aromatic carbocycles. The molecular weight excluding hydrogens is 395 g/mol. The topological polar surface area (TPSA) is 33.2 Å². The highest BCUT2D eigenvalue weighted by Gasteiger charge is 2.23. The molecule has 2 heterocycles. The van der Waals surface area contributed by atoms with Gasteiger partial charge in [0.25, 0.3) is 5.91 Å². The number of aryl methyl sites for hydroxylation is 1. The molecule has 0 unspecified atom stereocenters. The number of nitrogens with zero attached hydrogens (tertiary/aromatic N) is 2. The van der Waals surface area contributed by atoms with Gasteiger partial charge in [-0.1, -0.05) is 42.3 Å². The number of hydrogen-bond acceptors (Lipinski definition) is 3. The summed E-state index contributed by atoms with van der Waals surface area (Å²) in [6.07, 6.45) is 0.718. The smallest absolute Gasteiger partial charge is 0.268 e. The van der Waals surface area contributed by atoms with E-state index in [1.807, 2.05) is 32.0 Å². The molecule has 0 saturated heterocycles. The molecule has 4 rings (SSSR count). The third kappa shape index (κ3) is 3.25. The first-order chi connectivity index (χ1) is 13.5. The summed E-state index contributed by atoms with van der Waals surface area (Å²) in [5.41, 5.74) is 2.19. The van der Waals surface area contributed by atoms with Crippen LogP contribution in [0.5, 0.6) is 0 Å². The Kier molecular flexibility index (Phi) is 5.04. The maximum absolute atomic E-state index is 14.3. The molecule has 142 valence electrons. The summed E-state index contributed by atoms with van der Waals surface area (Å²) in [6, 6.07) is 14.1. The van der Waals surface area contributed by atoms with E-state index in [0.29, 0.717) is 16.6 Å². The van der Waals surface area contributed by atoms with Crippen LogP contribution in [-0.2, 0) is 0 Å². The van der Waals surface area contributed by atoms with Crippen molar-refractivity contribution in [3.8, 4) is 0 Å². The second-order valence-corrected chi connectivity index (χ2v) is 8.10. The van der Waals surface area contributed by atoms with Gasteiger partial charge in [-0.15, -0.1) is 11.3 Å². The molecular formula is C22H18ClFN2OS. The molecule has 4 aromatic rings. The second kappa shape index (κ2) is 7.49. The summed E-state index contributed by atoms with van der Waals surface area (Å²) in [5, 5.41) is 2.09. The lowest BCUT2D eigenvalue weighted by molar-refractivity contribution is 0.0990. The molecule has 3 nitrogen and oxygen atoms in total. The SMILES string of the molecule is CCCN(C(=O)c1cc2c(Cl)nc3ccc(C)cc3c2s1)c1ccccc1F. The van der Waals surface area contributed by atoms with Crippen molar-refractivity contribution in [3.63, 3.8) is 0 Å². The van der Waals surface area contributed by atoms with Gasteiger partial charge in [0.2, 0.25) is 0 Å². The minimum absolute atomic E-state index is 0.231. The van der Waals surface area contributed by atoms with Crippen molar-refractivity contribution < 1.29 is 9.18 Å². The third-order valence-corrected chi connectivity index (χ3v) is 6.06. The molecule has 1 amide bonds. The normalized spacial score (nSPS) is 11.3. The van der Waals surface area contributed by atoms with E-state index in [2.05, 4.69) is 4.98 Å². The zero-order valence-electron chi connectivity index (χ0n) is 15.5. The van der Waals surface area contributed by atoms with Crippen LogP contribution in [0.4, 0.5) is 10.1 Å². The maximum Gasteiger partial charge on any atom is 0.268 e. The molecule has 0 N–H and O–H groups in total. The second-order valence-electron chi connectivity index (χ2n) is 6.68. The van der Waals surface area contributed by atoms with Crippen molar-refractivity contribution in [1.82, 2.24) is 4.98 Å². The zero-order valence-corrected chi connectivity index (χ0v) is 17.1. The Balaban J connectivity index is 1.86. The predicted molar refractivity (Wildman–Crippen MR) is 115 cm³/mol. The van der Waals surface area contributed by atoms with Gasteiger partial charge < -0.3 is 4.90 Å². The lowest BCUT2D eigenvalue weighted by Gasteiger charge is -2.22. The number of para-hydroxylation sites is 1. The Hall–Kier alpha value is -2.50. The van der Waals surface area contributed by atoms with Gasteiger partial charge in [0, 0.05) is 22.0 Å². The van der Waals surface area contributed by atoms with Gasteiger partial charge in [-0.05, 0) is 43.7 Å². The summed E-state index contributed by atoms with van der Waals surface area (Å²) in [4.78, 5) is 19.7. The van der Waals surface area contributed by atoms with E-state index < -0.39 is 5.82 Å². The van der Waals surface area contributed by atoms with Crippen LogP contribution >= 0.6 is 22.9 Å². The summed E-state index contributed by atoms with van der Waals surface area (Å²) in [7, 11) is 0. The largest absolute Gasteiger partial charge is 0.305 e. The summed E-state index contributed by atoms with van der Waals surface area (Å²) in [6.45, 7) is 4.41. The van der Waals surface area contributed by atoms with Crippen molar-refractivity contribution in [2.45, 2.75) is 20.3 Å². The number of aromatic nitrogens is 1. The number of halogens is 2. The number of thiophene rings is 1. The fourth-order valence-electron chi connectivity index (χ4n) is 3.30. The quantitative estimate of drug-likeness (QED) is 0.353. The number of rotatable bonds is 4. The Morgan fingerprint density at radius 1 is 1.18 bits per heavy atom. The number of pyridine rings is 1. The van der Waals surface area contributed by atoms with E-state index in [0.717, 1.165) is 33.0 Å². The van der Waals surface area contributed by atoms with Crippen molar-refractivity contribution in [2.24, 2.45) is 0 Å². The van der Waals surface area contributed by atoms with Crippen LogP contribution in [0.2, 0.25) is 5.15 Å². The van der Waals surface area contributed by atoms with E-state index in [4.69, 9.17) is 11.6 Å². The Morgan fingerprint density at radius 3 is 2.71 bits per heavy atom. The Morgan fingerprint density at radius 2 is 1.96 bits per heavy atom. The number of carbonyl (C=O) groups excluding carboxylic acids is 1.